The molecule has 0 bridgehead atoms. The number of amides is 1. The second-order valence-electron chi connectivity index (χ2n) is 8.01. The fraction of sp³-hybridized carbons (Fsp3) is 0.160. The molecule has 9 nitrogen and oxygen atoms in total. The van der Waals surface area contributed by atoms with Gasteiger partial charge in [0.05, 0.1) is 22.9 Å². The molecule has 1 amide bonds. The van der Waals surface area contributed by atoms with Crippen molar-refractivity contribution in [2.75, 3.05) is 6.61 Å². The Hall–Kier alpha value is -4.53. The second kappa shape index (κ2) is 8.78. The Morgan fingerprint density at radius 3 is 2.71 bits per heavy atom. The third-order valence-electron chi connectivity index (χ3n) is 5.82. The van der Waals surface area contributed by atoms with Gasteiger partial charge in [0.1, 0.15) is 5.75 Å². The van der Waals surface area contributed by atoms with Crippen molar-refractivity contribution >= 4 is 11.6 Å². The van der Waals surface area contributed by atoms with Crippen LogP contribution < -0.4 is 10.1 Å². The van der Waals surface area contributed by atoms with E-state index in [1.165, 1.54) is 22.4 Å². The molecule has 3 aromatic carbocycles. The van der Waals surface area contributed by atoms with Crippen LogP contribution in [0.15, 0.2) is 66.7 Å². The van der Waals surface area contributed by atoms with Crippen molar-refractivity contribution in [3.05, 3.63) is 99.4 Å². The summed E-state index contributed by atoms with van der Waals surface area (Å²) in [6.45, 7) is 2.76. The zero-order valence-electron chi connectivity index (χ0n) is 18.4. The number of fused-ring (bicyclic) bond motifs is 1. The van der Waals surface area contributed by atoms with E-state index in [1.54, 1.807) is 19.1 Å². The molecule has 1 aliphatic heterocycles. The van der Waals surface area contributed by atoms with E-state index in [1.807, 2.05) is 36.4 Å². The zero-order chi connectivity index (χ0) is 23.7. The maximum Gasteiger partial charge on any atom is 0.274 e. The number of hydrogen-bond donors (Lipinski definition) is 1. The van der Waals surface area contributed by atoms with Gasteiger partial charge in [-0.2, -0.15) is 0 Å². The molecular formula is C25H21N5O4. The maximum atomic E-state index is 12.7. The predicted molar refractivity (Wildman–Crippen MR) is 125 cm³/mol. The van der Waals surface area contributed by atoms with Crippen LogP contribution in [0, 0.1) is 17.0 Å². The fourth-order valence-electron chi connectivity index (χ4n) is 3.97. The first-order valence-corrected chi connectivity index (χ1v) is 10.8. The van der Waals surface area contributed by atoms with Crippen LogP contribution in [0.2, 0.25) is 0 Å². The van der Waals surface area contributed by atoms with Crippen LogP contribution >= 0.6 is 0 Å². The van der Waals surface area contributed by atoms with Crippen molar-refractivity contribution in [3.63, 3.8) is 0 Å². The number of nitrogens with one attached hydrogen (secondary N) is 1. The zero-order valence-corrected chi connectivity index (χ0v) is 18.4. The van der Waals surface area contributed by atoms with Gasteiger partial charge in [-0.3, -0.25) is 14.9 Å². The normalized spacial score (nSPS) is 12.1. The molecule has 0 unspecified atom stereocenters. The summed E-state index contributed by atoms with van der Waals surface area (Å²) >= 11 is 0. The van der Waals surface area contributed by atoms with Crippen LogP contribution in [-0.4, -0.2) is 32.4 Å². The molecule has 0 aliphatic carbocycles. The first-order valence-electron chi connectivity index (χ1n) is 10.8. The van der Waals surface area contributed by atoms with Crippen LogP contribution in [0.5, 0.6) is 5.75 Å². The van der Waals surface area contributed by atoms with Gasteiger partial charge < -0.3 is 10.1 Å². The molecule has 1 N–H and O–H groups in total. The lowest BCUT2D eigenvalue weighted by Gasteiger charge is -2.08. The summed E-state index contributed by atoms with van der Waals surface area (Å²) in [5, 5.41) is 21.9. The Morgan fingerprint density at radius 2 is 1.91 bits per heavy atom. The fourth-order valence-corrected chi connectivity index (χ4v) is 3.97. The van der Waals surface area contributed by atoms with Gasteiger partial charge >= 0.3 is 0 Å². The quantitative estimate of drug-likeness (QED) is 0.347. The molecule has 5 rings (SSSR count). The van der Waals surface area contributed by atoms with Crippen molar-refractivity contribution < 1.29 is 14.5 Å². The van der Waals surface area contributed by atoms with E-state index in [0.29, 0.717) is 17.9 Å². The summed E-state index contributed by atoms with van der Waals surface area (Å²) < 4.78 is 6.99. The third kappa shape index (κ3) is 4.11. The van der Waals surface area contributed by atoms with E-state index >= 15 is 0 Å². The Morgan fingerprint density at radius 1 is 1.12 bits per heavy atom. The number of benzene rings is 3. The molecule has 0 saturated carbocycles. The SMILES string of the molecule is Cc1c(C(=O)NCc2ccc(-c3ccc4c(c3)CCO4)cc2)nnn1-c1cccc([N+](=O)[O-])c1. The van der Waals surface area contributed by atoms with Gasteiger partial charge in [-0.25, -0.2) is 4.68 Å². The van der Waals surface area contributed by atoms with Gasteiger partial charge in [0.25, 0.3) is 11.6 Å². The largest absolute Gasteiger partial charge is 0.493 e. The first-order chi connectivity index (χ1) is 16.5. The highest BCUT2D eigenvalue weighted by Crippen LogP contribution is 2.30. The van der Waals surface area contributed by atoms with Crippen LogP contribution in [0.1, 0.15) is 27.3 Å². The Balaban J connectivity index is 1.26. The van der Waals surface area contributed by atoms with Crippen molar-refractivity contribution in [2.24, 2.45) is 0 Å². The standard InChI is InChI=1S/C25H21N5O4/c1-16-24(27-28-29(16)21-3-2-4-22(14-21)30(32)33)25(31)26-15-17-5-7-18(8-6-17)19-9-10-23-20(13-19)11-12-34-23/h2-10,13-14H,11-12,15H2,1H3,(H,26,31). The van der Waals surface area contributed by atoms with E-state index in [-0.39, 0.29) is 17.3 Å². The van der Waals surface area contributed by atoms with Crippen molar-refractivity contribution in [1.82, 2.24) is 20.3 Å². The average Bonchev–Trinajstić information content (AvgIpc) is 3.49. The molecule has 170 valence electrons. The van der Waals surface area contributed by atoms with Crippen LogP contribution in [0.4, 0.5) is 5.69 Å². The van der Waals surface area contributed by atoms with Gasteiger partial charge in [0, 0.05) is 25.1 Å². The molecule has 4 aromatic rings. The van der Waals surface area contributed by atoms with Crippen molar-refractivity contribution in [1.29, 1.82) is 0 Å². The second-order valence-corrected chi connectivity index (χ2v) is 8.01. The van der Waals surface area contributed by atoms with E-state index in [4.69, 9.17) is 4.74 Å². The highest BCUT2D eigenvalue weighted by atomic mass is 16.6. The van der Waals surface area contributed by atoms with E-state index in [9.17, 15) is 14.9 Å². The number of hydrogen-bond acceptors (Lipinski definition) is 6. The lowest BCUT2D eigenvalue weighted by Crippen LogP contribution is -2.24. The van der Waals surface area contributed by atoms with Crippen LogP contribution in [0.25, 0.3) is 16.8 Å². The molecule has 2 heterocycles. The number of carbonyl (C=O) groups is 1. The number of rotatable bonds is 6. The Labute approximate surface area is 195 Å². The summed E-state index contributed by atoms with van der Waals surface area (Å²) in [4.78, 5) is 23.3. The van der Waals surface area contributed by atoms with Gasteiger partial charge in [0.2, 0.25) is 0 Å². The van der Waals surface area contributed by atoms with Gasteiger partial charge in [0.15, 0.2) is 5.69 Å². The number of aromatic nitrogens is 3. The molecule has 0 saturated heterocycles. The minimum atomic E-state index is -0.479. The van der Waals surface area contributed by atoms with Crippen molar-refractivity contribution in [3.8, 4) is 22.6 Å². The smallest absolute Gasteiger partial charge is 0.274 e. The molecular weight excluding hydrogens is 434 g/mol. The minimum Gasteiger partial charge on any atom is -0.493 e. The predicted octanol–water partition coefficient (Wildman–Crippen LogP) is 4.02. The minimum absolute atomic E-state index is 0.0601. The van der Waals surface area contributed by atoms with E-state index in [2.05, 4.69) is 21.7 Å². The first kappa shape index (κ1) is 21.3. The molecule has 0 atom stereocenters. The summed E-state index contributed by atoms with van der Waals surface area (Å²) in [7, 11) is 0. The lowest BCUT2D eigenvalue weighted by atomic mass is 10.0. The van der Waals surface area contributed by atoms with Crippen LogP contribution in [-0.2, 0) is 13.0 Å². The summed E-state index contributed by atoms with van der Waals surface area (Å²) in [5.74, 6) is 0.595. The lowest BCUT2D eigenvalue weighted by molar-refractivity contribution is -0.384. The number of nitro benzene ring substituents is 1. The Bertz CT molecular complexity index is 1390. The molecule has 9 heteroatoms. The Kier molecular flexibility index (Phi) is 5.51. The summed E-state index contributed by atoms with van der Waals surface area (Å²) in [6, 6.07) is 20.3. The third-order valence-corrected chi connectivity index (χ3v) is 5.82. The monoisotopic (exact) mass is 455 g/mol. The maximum absolute atomic E-state index is 12.7. The molecule has 1 aliphatic rings. The highest BCUT2D eigenvalue weighted by molar-refractivity contribution is 5.93. The number of carbonyl (C=O) groups excluding carboxylic acids is 1. The number of nitrogens with zero attached hydrogens (tertiary/aromatic N) is 4. The van der Waals surface area contributed by atoms with Gasteiger partial charge in [-0.05, 0) is 47.4 Å². The highest BCUT2D eigenvalue weighted by Gasteiger charge is 2.18. The van der Waals surface area contributed by atoms with E-state index in [0.717, 1.165) is 35.5 Å². The van der Waals surface area contributed by atoms with Crippen LogP contribution in [0.3, 0.4) is 0 Å². The molecule has 1 aromatic heterocycles. The van der Waals surface area contributed by atoms with Gasteiger partial charge in [-0.15, -0.1) is 5.10 Å². The molecule has 0 fully saturated rings. The van der Waals surface area contributed by atoms with E-state index < -0.39 is 4.92 Å². The number of non-ortho nitro benzene ring substituents is 1. The van der Waals surface area contributed by atoms with Crippen molar-refractivity contribution in [2.45, 2.75) is 19.9 Å². The molecule has 0 spiro atoms. The molecule has 34 heavy (non-hydrogen) atoms. The summed E-state index contributed by atoms with van der Waals surface area (Å²) in [6.07, 6.45) is 0.929. The average molecular weight is 455 g/mol. The topological polar surface area (TPSA) is 112 Å². The number of nitro groups is 1. The summed E-state index contributed by atoms with van der Waals surface area (Å²) in [5.41, 5.74) is 5.47. The number of ether oxygens (including phenoxy) is 1. The van der Waals surface area contributed by atoms with Gasteiger partial charge in [-0.1, -0.05) is 41.6 Å². The molecule has 0 radical (unpaired) electrons.